The van der Waals surface area contributed by atoms with Gasteiger partial charge >= 0.3 is 0 Å². The van der Waals surface area contributed by atoms with Crippen LogP contribution in [0.4, 0.5) is 0 Å². The molecule has 3 nitrogen and oxygen atoms in total. The van der Waals surface area contributed by atoms with Crippen molar-refractivity contribution in [1.82, 2.24) is 4.90 Å². The Kier molecular flexibility index (Phi) is 78.0. The number of carbonyl (C=O) groups is 2. The van der Waals surface area contributed by atoms with E-state index in [-0.39, 0.29) is 0 Å². The Balaban J connectivity index is -0.000000447. The zero-order valence-corrected chi connectivity index (χ0v) is 54.1. The van der Waals surface area contributed by atoms with Gasteiger partial charge in [0.25, 0.3) is 0 Å². The fourth-order valence-corrected chi connectivity index (χ4v) is 10.4. The molecule has 0 aliphatic heterocycles. The maximum atomic E-state index is 10.9. The van der Waals surface area contributed by atoms with E-state index >= 15 is 0 Å². The Bertz CT molecular complexity index is 936. The van der Waals surface area contributed by atoms with E-state index in [0.717, 1.165) is 55.6 Å². The molecule has 0 saturated heterocycles. The molecule has 2 fully saturated rings. The van der Waals surface area contributed by atoms with Crippen LogP contribution in [0.5, 0.6) is 0 Å². The Morgan fingerprint density at radius 1 is 0.419 bits per heavy atom. The number of carbonyl (C=O) groups excluding carboxylic acids is 2. The lowest BCUT2D eigenvalue weighted by Crippen LogP contribution is -2.27. The van der Waals surface area contributed by atoms with Crippen LogP contribution >= 0.6 is 0 Å². The number of nitrogens with zero attached hydrogens (tertiary/aromatic N) is 1. The molecule has 0 bridgehead atoms. The van der Waals surface area contributed by atoms with Crippen molar-refractivity contribution in [2.24, 2.45) is 23.7 Å². The largest absolute Gasteiger partial charge is 0.303 e. The predicted molar refractivity (Wildman–Crippen MR) is 340 cm³/mol. The average Bonchev–Trinajstić information content (AvgIpc) is 4.12. The smallest absolute Gasteiger partial charge is 0.129 e. The summed E-state index contributed by atoms with van der Waals surface area (Å²) in [5, 5.41) is 0. The monoisotopic (exact) mass is 1050 g/mol. The predicted octanol–water partition coefficient (Wildman–Crippen LogP) is 25.2. The second kappa shape index (κ2) is 72.3. The minimum atomic E-state index is 0.324. The molecule has 0 aromatic heterocycles. The maximum absolute atomic E-state index is 10.9. The third-order valence-electron chi connectivity index (χ3n) is 16.0. The lowest BCUT2D eigenvalue weighted by molar-refractivity contribution is -0.117. The number of unbranched alkanes of at least 4 members (excludes halogenated alkanes) is 32. The number of aldehydes is 1. The van der Waals surface area contributed by atoms with Crippen molar-refractivity contribution < 1.29 is 9.59 Å². The van der Waals surface area contributed by atoms with E-state index in [2.05, 4.69) is 67.2 Å². The van der Waals surface area contributed by atoms with Gasteiger partial charge in [-0.15, -0.1) is 0 Å². The van der Waals surface area contributed by atoms with Crippen molar-refractivity contribution in [3.8, 4) is 0 Å². The first-order chi connectivity index (χ1) is 36.2. The zero-order valence-electron chi connectivity index (χ0n) is 54.1. The summed E-state index contributed by atoms with van der Waals surface area (Å²) in [5.74, 6) is 4.54. The Morgan fingerprint density at radius 2 is 0.716 bits per heavy atom. The fourth-order valence-electron chi connectivity index (χ4n) is 10.4. The van der Waals surface area contributed by atoms with E-state index in [0.29, 0.717) is 5.78 Å². The van der Waals surface area contributed by atoms with E-state index in [1.54, 1.807) is 6.92 Å². The molecule has 74 heavy (non-hydrogen) atoms. The standard InChI is InChI=1S/C21H42.C20H39NO2.C18H38.C6H14.C4H8.C2H6/c1-4-6-8-10-12-14-16-20(21-18-19(21)3)17-15-13-11-9-7-5-2;1-3-16-21(17-12-8-4-5-10-14-19-22)18-13-9-6-7-11-15-20(2)23;1-4-6-8-10-12-14-16-18(3)17-15-13-11-9-7-5-2;1-3-5-6-4-2;1-2-4-3-1;1-2/h19-21H,4-18H2,1-3H3;19H,3-18H2,1-2H3;18H,4-17H2,1-3H3;3-6H2,1-2H3;1-4H2;1-2H3. The van der Waals surface area contributed by atoms with E-state index in [1.165, 1.54) is 315 Å². The molecular weight excluding hydrogens is 899 g/mol. The highest BCUT2D eigenvalue weighted by Gasteiger charge is 2.38. The van der Waals surface area contributed by atoms with Gasteiger partial charge in [0.05, 0.1) is 0 Å². The summed E-state index contributed by atoms with van der Waals surface area (Å²) < 4.78 is 0. The molecular formula is C71H147NO2. The number of hydrogen-bond donors (Lipinski definition) is 0. The van der Waals surface area contributed by atoms with Crippen LogP contribution in [-0.4, -0.2) is 36.6 Å². The van der Waals surface area contributed by atoms with Crippen LogP contribution in [0.25, 0.3) is 0 Å². The van der Waals surface area contributed by atoms with Gasteiger partial charge in [-0.05, 0) is 88.8 Å². The molecule has 2 rings (SSSR count). The lowest BCUT2D eigenvalue weighted by atomic mass is 9.89. The lowest BCUT2D eigenvalue weighted by Gasteiger charge is -2.21. The molecule has 0 heterocycles. The van der Waals surface area contributed by atoms with Crippen molar-refractivity contribution >= 4 is 12.1 Å². The second-order valence-electron chi connectivity index (χ2n) is 23.9. The molecule has 0 N–H and O–H groups in total. The quantitative estimate of drug-likeness (QED) is 0.0450. The summed E-state index contributed by atoms with van der Waals surface area (Å²) in [5.41, 5.74) is 0. The molecule has 0 radical (unpaired) electrons. The zero-order chi connectivity index (χ0) is 55.6. The molecule has 2 unspecified atom stereocenters. The van der Waals surface area contributed by atoms with Crippen molar-refractivity contribution in [1.29, 1.82) is 0 Å². The van der Waals surface area contributed by atoms with Gasteiger partial charge in [-0.25, -0.2) is 0 Å². The summed E-state index contributed by atoms with van der Waals surface area (Å²) in [6.07, 6.45) is 70.0. The first-order valence-corrected chi connectivity index (χ1v) is 34.9. The molecule has 3 heteroatoms. The van der Waals surface area contributed by atoms with E-state index in [4.69, 9.17) is 0 Å². The van der Waals surface area contributed by atoms with Crippen LogP contribution in [0.1, 0.15) is 404 Å². The molecule has 0 aromatic rings. The van der Waals surface area contributed by atoms with Gasteiger partial charge in [0.1, 0.15) is 12.1 Å². The fraction of sp³-hybridized carbons (Fsp3) is 0.972. The van der Waals surface area contributed by atoms with Crippen molar-refractivity contribution in [2.45, 2.75) is 404 Å². The molecule has 0 amide bonds. The van der Waals surface area contributed by atoms with E-state index in [1.807, 2.05) is 13.8 Å². The molecule has 2 aliphatic rings. The first-order valence-electron chi connectivity index (χ1n) is 34.9. The number of Topliss-reactive ketones (excluding diaryl/α,β-unsaturated/α-hetero) is 1. The van der Waals surface area contributed by atoms with Crippen LogP contribution in [0.15, 0.2) is 0 Å². The highest BCUT2D eigenvalue weighted by atomic mass is 16.1. The van der Waals surface area contributed by atoms with Crippen molar-refractivity contribution in [3.05, 3.63) is 0 Å². The first kappa shape index (κ1) is 79.8. The highest BCUT2D eigenvalue weighted by molar-refractivity contribution is 5.75. The van der Waals surface area contributed by atoms with E-state index < -0.39 is 0 Å². The van der Waals surface area contributed by atoms with Gasteiger partial charge in [-0.2, -0.15) is 0 Å². The van der Waals surface area contributed by atoms with Crippen LogP contribution in [0.3, 0.4) is 0 Å². The van der Waals surface area contributed by atoms with Gasteiger partial charge in [0.2, 0.25) is 0 Å². The van der Waals surface area contributed by atoms with Gasteiger partial charge in [-0.3, -0.25) is 0 Å². The highest BCUT2D eigenvalue weighted by Crippen LogP contribution is 2.47. The molecule has 448 valence electrons. The van der Waals surface area contributed by atoms with Crippen molar-refractivity contribution in [2.75, 3.05) is 19.6 Å². The third kappa shape index (κ3) is 71.3. The number of hydrogen-bond acceptors (Lipinski definition) is 3. The minimum absolute atomic E-state index is 0.324. The van der Waals surface area contributed by atoms with E-state index in [9.17, 15) is 9.59 Å². The number of ketones is 1. The summed E-state index contributed by atoms with van der Waals surface area (Å²) in [6.45, 7) is 30.2. The molecule has 2 atom stereocenters. The minimum Gasteiger partial charge on any atom is -0.303 e. The van der Waals surface area contributed by atoms with Crippen LogP contribution in [-0.2, 0) is 9.59 Å². The second-order valence-corrected chi connectivity index (χ2v) is 23.9. The van der Waals surface area contributed by atoms with Crippen LogP contribution in [0, 0.1) is 23.7 Å². The normalized spacial score (nSPS) is 14.3. The Labute approximate surface area is 471 Å². The van der Waals surface area contributed by atoms with Crippen LogP contribution in [0.2, 0.25) is 0 Å². The molecule has 0 aromatic carbocycles. The molecule has 0 spiro atoms. The molecule has 2 saturated carbocycles. The Morgan fingerprint density at radius 3 is 1.03 bits per heavy atom. The topological polar surface area (TPSA) is 37.4 Å². The number of rotatable bonds is 50. The molecule has 2 aliphatic carbocycles. The summed E-state index contributed by atoms with van der Waals surface area (Å²) >= 11 is 0. The summed E-state index contributed by atoms with van der Waals surface area (Å²) in [4.78, 5) is 23.7. The van der Waals surface area contributed by atoms with Gasteiger partial charge in [0.15, 0.2) is 0 Å². The maximum Gasteiger partial charge on any atom is 0.129 e. The van der Waals surface area contributed by atoms with Gasteiger partial charge in [0, 0.05) is 12.8 Å². The van der Waals surface area contributed by atoms with Gasteiger partial charge < -0.3 is 14.5 Å². The van der Waals surface area contributed by atoms with Crippen molar-refractivity contribution in [3.63, 3.8) is 0 Å². The third-order valence-corrected chi connectivity index (χ3v) is 16.0. The summed E-state index contributed by atoms with van der Waals surface area (Å²) in [7, 11) is 0. The van der Waals surface area contributed by atoms with Crippen LogP contribution < -0.4 is 0 Å². The average molecular weight is 1050 g/mol. The van der Waals surface area contributed by atoms with Gasteiger partial charge in [-0.1, -0.05) is 346 Å². The SMILES string of the molecule is C1CCC1.CC.CCCCCC.CCCCCCCCC(C)CCCCCCCC.CCCCCCCCC(CCCCCCCC)C1CC1C.CCCN(CCCCCCCC=O)CCCCCCCC(C)=O. The Hall–Kier alpha value is -0.700. The summed E-state index contributed by atoms with van der Waals surface area (Å²) in [6, 6.07) is 0.